The van der Waals surface area contributed by atoms with Gasteiger partial charge in [0.2, 0.25) is 6.79 Å². The maximum atomic E-state index is 12.7. The highest BCUT2D eigenvalue weighted by Gasteiger charge is 2.54. The van der Waals surface area contributed by atoms with E-state index in [0.29, 0.717) is 23.6 Å². The van der Waals surface area contributed by atoms with Crippen LogP contribution in [0.15, 0.2) is 42.5 Å². The van der Waals surface area contributed by atoms with Gasteiger partial charge in [0, 0.05) is 6.54 Å². The number of aliphatic hydroxyl groups is 3. The van der Waals surface area contributed by atoms with Crippen LogP contribution in [0.4, 0.5) is 0 Å². The number of esters is 1. The second-order valence-corrected chi connectivity index (χ2v) is 7.55. The maximum absolute atomic E-state index is 12.7. The highest BCUT2D eigenvalue weighted by molar-refractivity contribution is 5.94. The van der Waals surface area contributed by atoms with Crippen LogP contribution >= 0.6 is 0 Å². The van der Waals surface area contributed by atoms with Gasteiger partial charge >= 0.3 is 5.97 Å². The molecule has 1 saturated carbocycles. The fourth-order valence-corrected chi connectivity index (χ4v) is 4.41. The van der Waals surface area contributed by atoms with E-state index in [1.54, 1.807) is 6.07 Å². The molecule has 0 unspecified atom stereocenters. The van der Waals surface area contributed by atoms with Crippen LogP contribution in [0.3, 0.4) is 0 Å². The zero-order chi connectivity index (χ0) is 20.1. The normalized spacial score (nSPS) is 32.3. The van der Waals surface area contributed by atoms with Crippen molar-refractivity contribution in [1.82, 2.24) is 5.32 Å². The van der Waals surface area contributed by atoms with E-state index < -0.39 is 42.3 Å². The first-order chi connectivity index (χ1) is 14.0. The second kappa shape index (κ2) is 7.00. The Hall–Kier alpha value is -2.65. The standard InChI is InChI=1S/C21H21NO7/c23-17-15-11-6-13-14(28-9-27-13)7-12(11)21(26)29-20(15)16(18(24)19(17)25)22-8-10-4-2-1-3-5-10/h1-7,15-20,22-25H,8-9H2/t15-,16-,17-,18-,19+,20-/m0/s1. The van der Waals surface area contributed by atoms with Crippen molar-refractivity contribution >= 4 is 5.97 Å². The minimum absolute atomic E-state index is 0.0481. The van der Waals surface area contributed by atoms with Crippen LogP contribution in [0.5, 0.6) is 11.5 Å². The first-order valence-corrected chi connectivity index (χ1v) is 9.50. The summed E-state index contributed by atoms with van der Waals surface area (Å²) < 4.78 is 16.4. The Kier molecular flexibility index (Phi) is 4.44. The van der Waals surface area contributed by atoms with Crippen molar-refractivity contribution in [2.45, 2.75) is 42.9 Å². The SMILES string of the molecule is O=C1O[C@@H]2[C@@H](NCc3ccccc3)[C@H](O)[C@H](O)[C@@H](O)[C@@H]2c2cc3c(cc21)OCO3. The molecule has 1 fully saturated rings. The number of nitrogens with one attached hydrogen (secondary N) is 1. The summed E-state index contributed by atoms with van der Waals surface area (Å²) in [6, 6.07) is 12.0. The summed E-state index contributed by atoms with van der Waals surface area (Å²) in [4.78, 5) is 12.7. The summed E-state index contributed by atoms with van der Waals surface area (Å²) in [5.74, 6) is -0.381. The molecule has 0 spiro atoms. The van der Waals surface area contributed by atoms with Gasteiger partial charge in [-0.1, -0.05) is 30.3 Å². The molecule has 6 atom stereocenters. The van der Waals surface area contributed by atoms with Gasteiger partial charge in [-0.25, -0.2) is 4.79 Å². The van der Waals surface area contributed by atoms with Crippen LogP contribution in [-0.4, -0.2) is 58.5 Å². The van der Waals surface area contributed by atoms with E-state index in [4.69, 9.17) is 14.2 Å². The molecule has 2 aromatic carbocycles. The van der Waals surface area contributed by atoms with Crippen LogP contribution in [-0.2, 0) is 11.3 Å². The lowest BCUT2D eigenvalue weighted by molar-refractivity contribution is -0.151. The Morgan fingerprint density at radius 1 is 0.966 bits per heavy atom. The predicted molar refractivity (Wildman–Crippen MR) is 99.6 cm³/mol. The Balaban J connectivity index is 1.50. The summed E-state index contributed by atoms with van der Waals surface area (Å²) in [6.07, 6.45) is -4.87. The van der Waals surface area contributed by atoms with Gasteiger partial charge in [0.1, 0.15) is 18.3 Å². The molecule has 2 heterocycles. The molecule has 3 aliphatic rings. The Labute approximate surface area is 166 Å². The van der Waals surface area contributed by atoms with Crippen LogP contribution in [0.2, 0.25) is 0 Å². The van der Waals surface area contributed by atoms with Crippen molar-refractivity contribution in [2.24, 2.45) is 0 Å². The highest BCUT2D eigenvalue weighted by atomic mass is 16.7. The Morgan fingerprint density at radius 2 is 1.69 bits per heavy atom. The van der Waals surface area contributed by atoms with E-state index in [0.717, 1.165) is 5.56 Å². The van der Waals surface area contributed by atoms with Crippen LogP contribution < -0.4 is 14.8 Å². The number of carbonyl (C=O) groups is 1. The number of benzene rings is 2. The molecule has 152 valence electrons. The summed E-state index contributed by atoms with van der Waals surface area (Å²) in [6.45, 7) is 0.451. The van der Waals surface area contributed by atoms with Gasteiger partial charge in [0.15, 0.2) is 11.5 Å². The maximum Gasteiger partial charge on any atom is 0.338 e. The van der Waals surface area contributed by atoms with Gasteiger partial charge < -0.3 is 34.8 Å². The number of carbonyl (C=O) groups excluding carboxylic acids is 1. The van der Waals surface area contributed by atoms with Gasteiger partial charge in [-0.2, -0.15) is 0 Å². The van der Waals surface area contributed by atoms with Gasteiger partial charge in [-0.3, -0.25) is 0 Å². The predicted octanol–water partition coefficient (Wildman–Crippen LogP) is 0.293. The molecule has 2 aromatic rings. The van der Waals surface area contributed by atoms with Crippen molar-refractivity contribution < 1.29 is 34.3 Å². The monoisotopic (exact) mass is 399 g/mol. The number of hydrogen-bond acceptors (Lipinski definition) is 8. The van der Waals surface area contributed by atoms with Crippen molar-refractivity contribution in [2.75, 3.05) is 6.79 Å². The third kappa shape index (κ3) is 2.96. The molecule has 4 N–H and O–H groups in total. The Morgan fingerprint density at radius 3 is 2.45 bits per heavy atom. The van der Waals surface area contributed by atoms with Gasteiger partial charge in [-0.15, -0.1) is 0 Å². The highest BCUT2D eigenvalue weighted by Crippen LogP contribution is 2.46. The van der Waals surface area contributed by atoms with Crippen molar-refractivity contribution in [3.8, 4) is 11.5 Å². The smallest absolute Gasteiger partial charge is 0.338 e. The average Bonchev–Trinajstić information content (AvgIpc) is 3.19. The average molecular weight is 399 g/mol. The largest absolute Gasteiger partial charge is 0.456 e. The molecule has 0 saturated heterocycles. The number of hydrogen-bond donors (Lipinski definition) is 4. The van der Waals surface area contributed by atoms with Crippen molar-refractivity contribution in [3.05, 3.63) is 59.2 Å². The van der Waals surface area contributed by atoms with Crippen molar-refractivity contribution in [3.63, 3.8) is 0 Å². The summed E-state index contributed by atoms with van der Waals surface area (Å²) in [5.41, 5.74) is 1.75. The lowest BCUT2D eigenvalue weighted by Crippen LogP contribution is -2.66. The lowest BCUT2D eigenvalue weighted by atomic mass is 9.71. The molecule has 0 aromatic heterocycles. The zero-order valence-electron chi connectivity index (χ0n) is 15.4. The third-order valence-electron chi connectivity index (χ3n) is 5.90. The molecule has 8 nitrogen and oxygen atoms in total. The molecule has 29 heavy (non-hydrogen) atoms. The zero-order valence-corrected chi connectivity index (χ0v) is 15.4. The van der Waals surface area contributed by atoms with E-state index in [1.165, 1.54) is 6.07 Å². The van der Waals surface area contributed by atoms with E-state index in [2.05, 4.69) is 5.32 Å². The first kappa shape index (κ1) is 18.4. The van der Waals surface area contributed by atoms with Gasteiger partial charge in [-0.05, 0) is 23.3 Å². The van der Waals surface area contributed by atoms with Crippen LogP contribution in [0.25, 0.3) is 0 Å². The minimum Gasteiger partial charge on any atom is -0.456 e. The number of ether oxygens (including phenoxy) is 3. The molecule has 2 aliphatic heterocycles. The van der Waals surface area contributed by atoms with Gasteiger partial charge in [0.05, 0.1) is 23.6 Å². The fraction of sp³-hybridized carbons (Fsp3) is 0.381. The molecule has 0 radical (unpaired) electrons. The molecule has 1 aliphatic carbocycles. The summed E-state index contributed by atoms with van der Waals surface area (Å²) in [5, 5.41) is 35.0. The van der Waals surface area contributed by atoms with E-state index >= 15 is 0 Å². The molecule has 8 heteroatoms. The van der Waals surface area contributed by atoms with Crippen LogP contribution in [0.1, 0.15) is 27.4 Å². The Bertz CT molecular complexity index is 934. The van der Waals surface area contributed by atoms with Crippen molar-refractivity contribution in [1.29, 1.82) is 0 Å². The molecular formula is C21H21NO7. The second-order valence-electron chi connectivity index (χ2n) is 7.55. The van der Waals surface area contributed by atoms with Gasteiger partial charge in [0.25, 0.3) is 0 Å². The van der Waals surface area contributed by atoms with E-state index in [9.17, 15) is 20.1 Å². The number of aliphatic hydroxyl groups excluding tert-OH is 3. The summed E-state index contributed by atoms with van der Waals surface area (Å²) >= 11 is 0. The van der Waals surface area contributed by atoms with Crippen LogP contribution in [0, 0.1) is 0 Å². The molecule has 0 amide bonds. The number of fused-ring (bicyclic) bond motifs is 4. The molecule has 0 bridgehead atoms. The minimum atomic E-state index is -1.40. The summed E-state index contributed by atoms with van der Waals surface area (Å²) in [7, 11) is 0. The van der Waals surface area contributed by atoms with E-state index in [-0.39, 0.29) is 12.4 Å². The topological polar surface area (TPSA) is 117 Å². The first-order valence-electron chi connectivity index (χ1n) is 9.50. The fourth-order valence-electron chi connectivity index (χ4n) is 4.41. The quantitative estimate of drug-likeness (QED) is 0.544. The lowest BCUT2D eigenvalue weighted by Gasteiger charge is -2.48. The third-order valence-corrected chi connectivity index (χ3v) is 5.90. The van der Waals surface area contributed by atoms with E-state index in [1.807, 2.05) is 30.3 Å². The number of rotatable bonds is 3. The molecular weight excluding hydrogens is 378 g/mol. The molecule has 5 rings (SSSR count).